The molecule has 1 aromatic rings. The van der Waals surface area contributed by atoms with Crippen molar-refractivity contribution in [3.8, 4) is 0 Å². The van der Waals surface area contributed by atoms with Crippen LogP contribution in [0, 0.1) is 11.8 Å². The van der Waals surface area contributed by atoms with Gasteiger partial charge < -0.3 is 10.8 Å². The van der Waals surface area contributed by atoms with E-state index in [1.54, 1.807) is 37.3 Å². The second kappa shape index (κ2) is 5.21. The predicted octanol–water partition coefficient (Wildman–Crippen LogP) is 1.79. The van der Waals surface area contributed by atoms with Crippen LogP contribution in [0.25, 0.3) is 0 Å². The lowest BCUT2D eigenvalue weighted by Gasteiger charge is -2.35. The van der Waals surface area contributed by atoms with Crippen LogP contribution >= 0.6 is 0 Å². The molecule has 98 valence electrons. The first-order valence-electron chi connectivity index (χ1n) is 5.94. The number of benzene rings is 1. The molecular weight excluding hydrogens is 230 g/mol. The molecule has 0 aromatic heterocycles. The Labute approximate surface area is 107 Å². The number of aliphatic carboxylic acids is 1. The Morgan fingerprint density at radius 1 is 1.17 bits per heavy atom. The maximum atomic E-state index is 11.9. The highest BCUT2D eigenvalue weighted by Gasteiger charge is 2.51. The maximum absolute atomic E-state index is 11.9. The summed E-state index contributed by atoms with van der Waals surface area (Å²) in [4.78, 5) is 23.6. The van der Waals surface area contributed by atoms with Crippen LogP contribution < -0.4 is 5.73 Å². The predicted molar refractivity (Wildman–Crippen MR) is 69.0 cm³/mol. The molecule has 0 aliphatic heterocycles. The maximum Gasteiger partial charge on any atom is 0.324 e. The third kappa shape index (κ3) is 2.10. The highest BCUT2D eigenvalue weighted by molar-refractivity contribution is 6.07. The van der Waals surface area contributed by atoms with Crippen LogP contribution in [-0.2, 0) is 15.0 Å². The molecule has 0 saturated heterocycles. The van der Waals surface area contributed by atoms with Crippen LogP contribution in [0.2, 0.25) is 0 Å². The number of carbonyl (C=O) groups is 2. The van der Waals surface area contributed by atoms with Crippen molar-refractivity contribution in [1.29, 1.82) is 0 Å². The largest absolute Gasteiger partial charge is 0.480 e. The average molecular weight is 249 g/mol. The van der Waals surface area contributed by atoms with Crippen LogP contribution in [0.5, 0.6) is 0 Å². The molecule has 3 N–H and O–H groups in total. The molecule has 0 heterocycles. The van der Waals surface area contributed by atoms with Gasteiger partial charge in [-0.15, -0.1) is 0 Å². The third-order valence-corrected chi connectivity index (χ3v) is 3.64. The molecule has 0 radical (unpaired) electrons. The lowest BCUT2D eigenvalue weighted by Crippen LogP contribution is -2.53. The van der Waals surface area contributed by atoms with E-state index in [1.807, 2.05) is 13.8 Å². The van der Waals surface area contributed by atoms with Crippen LogP contribution in [-0.4, -0.2) is 17.0 Å². The Morgan fingerprint density at radius 2 is 1.67 bits per heavy atom. The Hall–Kier alpha value is -1.84. The second-order valence-electron chi connectivity index (χ2n) is 4.88. The van der Waals surface area contributed by atoms with E-state index in [9.17, 15) is 14.7 Å². The van der Waals surface area contributed by atoms with Gasteiger partial charge in [-0.1, -0.05) is 51.1 Å². The normalized spacial score (nSPS) is 16.0. The summed E-state index contributed by atoms with van der Waals surface area (Å²) in [6.45, 7) is 5.51. The molecule has 1 aromatic carbocycles. The number of carboxylic acids is 1. The molecule has 0 aliphatic rings. The number of nitrogens with two attached hydrogens (primary N) is 1. The van der Waals surface area contributed by atoms with Crippen LogP contribution in [0.3, 0.4) is 0 Å². The molecule has 0 fully saturated rings. The molecule has 4 nitrogen and oxygen atoms in total. The van der Waals surface area contributed by atoms with Gasteiger partial charge in [0.1, 0.15) is 0 Å². The molecule has 2 atom stereocenters. The van der Waals surface area contributed by atoms with E-state index >= 15 is 0 Å². The summed E-state index contributed by atoms with van der Waals surface area (Å²) in [5.74, 6) is -2.38. The fourth-order valence-electron chi connectivity index (χ4n) is 2.25. The van der Waals surface area contributed by atoms with Crippen LogP contribution in [0.4, 0.5) is 0 Å². The minimum atomic E-state index is -1.67. The third-order valence-electron chi connectivity index (χ3n) is 3.64. The summed E-state index contributed by atoms with van der Waals surface area (Å²) in [5.41, 5.74) is 4.19. The van der Waals surface area contributed by atoms with Crippen molar-refractivity contribution in [1.82, 2.24) is 0 Å². The first kappa shape index (κ1) is 14.2. The van der Waals surface area contributed by atoms with Gasteiger partial charge in [-0.25, -0.2) is 0 Å². The Bertz CT molecular complexity index is 426. The van der Waals surface area contributed by atoms with Crippen LogP contribution in [0.15, 0.2) is 30.3 Å². The summed E-state index contributed by atoms with van der Waals surface area (Å²) in [5, 5.41) is 9.57. The monoisotopic (exact) mass is 249 g/mol. The van der Waals surface area contributed by atoms with Gasteiger partial charge in [0.25, 0.3) is 0 Å². The van der Waals surface area contributed by atoms with Gasteiger partial charge in [-0.05, 0) is 17.4 Å². The Balaban J connectivity index is 3.51. The van der Waals surface area contributed by atoms with E-state index in [0.29, 0.717) is 5.56 Å². The summed E-state index contributed by atoms with van der Waals surface area (Å²) in [7, 11) is 0. The lowest BCUT2D eigenvalue weighted by molar-refractivity contribution is -0.152. The number of primary amides is 1. The van der Waals surface area contributed by atoms with E-state index in [0.717, 1.165) is 0 Å². The zero-order chi connectivity index (χ0) is 13.9. The standard InChI is InChI=1S/C14H19NO3/c1-9(2)10(3)14(12(15)16,13(17)18)11-7-5-4-6-8-11/h4-10H,1-3H3,(H2,15,16)(H,17,18). The van der Waals surface area contributed by atoms with Gasteiger partial charge in [0, 0.05) is 0 Å². The Morgan fingerprint density at radius 3 is 2.00 bits per heavy atom. The molecule has 0 saturated carbocycles. The van der Waals surface area contributed by atoms with Crippen molar-refractivity contribution in [2.45, 2.75) is 26.2 Å². The number of hydrogen-bond donors (Lipinski definition) is 2. The van der Waals surface area contributed by atoms with E-state index in [-0.39, 0.29) is 5.92 Å². The average Bonchev–Trinajstić information content (AvgIpc) is 2.30. The molecule has 0 aliphatic carbocycles. The number of amides is 1. The molecular formula is C14H19NO3. The minimum absolute atomic E-state index is 0.0220. The van der Waals surface area contributed by atoms with Crippen molar-refractivity contribution in [2.24, 2.45) is 17.6 Å². The van der Waals surface area contributed by atoms with Crippen molar-refractivity contribution in [2.75, 3.05) is 0 Å². The highest BCUT2D eigenvalue weighted by Crippen LogP contribution is 2.37. The van der Waals surface area contributed by atoms with Gasteiger partial charge in [0.2, 0.25) is 5.91 Å². The fourth-order valence-corrected chi connectivity index (χ4v) is 2.25. The number of hydrogen-bond acceptors (Lipinski definition) is 2. The van der Waals surface area contributed by atoms with E-state index < -0.39 is 23.2 Å². The van der Waals surface area contributed by atoms with Crippen molar-refractivity contribution in [3.63, 3.8) is 0 Å². The fraction of sp³-hybridized carbons (Fsp3) is 0.429. The number of carboxylic acid groups (broad SMARTS) is 1. The van der Waals surface area contributed by atoms with Gasteiger partial charge in [-0.2, -0.15) is 0 Å². The number of carbonyl (C=O) groups excluding carboxylic acids is 1. The summed E-state index contributed by atoms with van der Waals surface area (Å²) < 4.78 is 0. The first-order valence-corrected chi connectivity index (χ1v) is 5.94. The van der Waals surface area contributed by atoms with Gasteiger partial charge >= 0.3 is 5.97 Å². The Kier molecular flexibility index (Phi) is 4.11. The van der Waals surface area contributed by atoms with E-state index in [2.05, 4.69) is 0 Å². The zero-order valence-corrected chi connectivity index (χ0v) is 10.9. The topological polar surface area (TPSA) is 80.4 Å². The molecule has 2 unspecified atom stereocenters. The van der Waals surface area contributed by atoms with Crippen molar-refractivity contribution >= 4 is 11.9 Å². The lowest BCUT2D eigenvalue weighted by atomic mass is 9.66. The molecule has 0 bridgehead atoms. The van der Waals surface area contributed by atoms with Crippen molar-refractivity contribution < 1.29 is 14.7 Å². The smallest absolute Gasteiger partial charge is 0.324 e. The van der Waals surface area contributed by atoms with Gasteiger partial charge in [0.05, 0.1) is 0 Å². The SMILES string of the molecule is CC(C)C(C)C(C(N)=O)(C(=O)O)c1ccccc1. The van der Waals surface area contributed by atoms with Gasteiger partial charge in [0.15, 0.2) is 5.41 Å². The summed E-state index contributed by atoms with van der Waals surface area (Å²) in [6.07, 6.45) is 0. The van der Waals surface area contributed by atoms with Gasteiger partial charge in [-0.3, -0.25) is 9.59 Å². The second-order valence-corrected chi connectivity index (χ2v) is 4.88. The molecule has 0 spiro atoms. The van der Waals surface area contributed by atoms with E-state index in [4.69, 9.17) is 5.73 Å². The quantitative estimate of drug-likeness (QED) is 0.781. The van der Waals surface area contributed by atoms with Crippen LogP contribution in [0.1, 0.15) is 26.3 Å². The van der Waals surface area contributed by atoms with E-state index in [1.165, 1.54) is 0 Å². The van der Waals surface area contributed by atoms with Crippen molar-refractivity contribution in [3.05, 3.63) is 35.9 Å². The zero-order valence-electron chi connectivity index (χ0n) is 10.9. The first-order chi connectivity index (χ1) is 8.35. The molecule has 4 heteroatoms. The molecule has 18 heavy (non-hydrogen) atoms. The summed E-state index contributed by atoms with van der Waals surface area (Å²) >= 11 is 0. The highest BCUT2D eigenvalue weighted by atomic mass is 16.4. The molecule has 1 rings (SSSR count). The summed E-state index contributed by atoms with van der Waals surface area (Å²) in [6, 6.07) is 8.47. The minimum Gasteiger partial charge on any atom is -0.480 e. The number of rotatable bonds is 5. The molecule has 1 amide bonds.